The molecule has 0 spiro atoms. The summed E-state index contributed by atoms with van der Waals surface area (Å²) in [5.41, 5.74) is -0.926. The van der Waals surface area contributed by atoms with Crippen LogP contribution in [0.5, 0.6) is 0 Å². The first-order chi connectivity index (χ1) is 18.9. The molecule has 1 fully saturated rings. The standard InChI is InChI=1S/C24H31F2IN4O8P/c1-4-5-14(2)27-11-19(29-23-30-21-18(25)10-15(12-28)20(26)22(21)31(23)3)36-13-37-24(32)38-16-6-8-17(9-7-16)39-40(33,34)35/h10,14,16-17H,4-9,11,13H2,1-3H3,(H2,33,34,35)/q-1/b29-19-. The van der Waals surface area contributed by atoms with Gasteiger partial charge in [0.15, 0.2) is 0 Å². The fourth-order valence-corrected chi connectivity index (χ4v) is 7.30. The number of phosphoric ester groups is 1. The van der Waals surface area contributed by atoms with Gasteiger partial charge in [0.05, 0.1) is 0 Å². The molecule has 1 aromatic heterocycles. The number of imidazole rings is 1. The van der Waals surface area contributed by atoms with E-state index in [2.05, 4.69) is 28.3 Å². The van der Waals surface area contributed by atoms with Gasteiger partial charge in [-0.15, -0.1) is 0 Å². The van der Waals surface area contributed by atoms with E-state index >= 15 is 0 Å². The van der Waals surface area contributed by atoms with Crippen molar-refractivity contribution in [3.05, 3.63) is 23.3 Å². The molecule has 1 heterocycles. The first-order valence-electron chi connectivity index (χ1n) is 12.5. The number of carbonyl (C=O) groups is 1. The van der Waals surface area contributed by atoms with Gasteiger partial charge in [-0.25, -0.2) is 4.57 Å². The molecule has 2 N–H and O–H groups in total. The van der Waals surface area contributed by atoms with Crippen molar-refractivity contribution >= 4 is 36.9 Å². The van der Waals surface area contributed by atoms with Crippen LogP contribution in [0.3, 0.4) is 0 Å². The van der Waals surface area contributed by atoms with Gasteiger partial charge in [0.25, 0.3) is 0 Å². The molecule has 0 amide bonds. The Morgan fingerprint density at radius 1 is 1.30 bits per heavy atom. The van der Waals surface area contributed by atoms with Gasteiger partial charge in [0.2, 0.25) is 0 Å². The second-order valence-corrected chi connectivity index (χ2v) is 14.1. The Morgan fingerprint density at radius 2 is 1.98 bits per heavy atom. The van der Waals surface area contributed by atoms with Crippen molar-refractivity contribution in [2.24, 2.45) is 12.0 Å². The fraction of sp³-hybridized carbons (Fsp3) is 0.583. The number of carbonyl (C=O) groups excluding carboxylic acids is 1. The number of aromatic nitrogens is 2. The third-order valence-electron chi connectivity index (χ3n) is 6.07. The molecule has 16 heteroatoms. The van der Waals surface area contributed by atoms with E-state index in [1.165, 1.54) is 11.6 Å². The van der Waals surface area contributed by atoms with E-state index in [4.69, 9.17) is 29.3 Å². The predicted octanol–water partition coefficient (Wildman–Crippen LogP) is 1.58. The van der Waals surface area contributed by atoms with Gasteiger partial charge in [-0.05, 0) is 0 Å². The van der Waals surface area contributed by atoms with Gasteiger partial charge in [-0.2, -0.15) is 0 Å². The molecule has 1 aromatic carbocycles. The normalized spacial score (nSPS) is 18.9. The molecule has 1 saturated carbocycles. The molecule has 0 saturated heterocycles. The molecule has 2 aromatic rings. The zero-order valence-electron chi connectivity index (χ0n) is 22.2. The van der Waals surface area contributed by atoms with Gasteiger partial charge in [0, 0.05) is 0 Å². The first kappa shape index (κ1) is 32.1. The third-order valence-corrected chi connectivity index (χ3v) is 9.86. The van der Waals surface area contributed by atoms with Gasteiger partial charge < -0.3 is 9.79 Å². The minimum absolute atomic E-state index is 0.0399. The number of rotatable bonds is 11. The number of aryl methyl sites for hydroxylation is 1. The van der Waals surface area contributed by atoms with Crippen LogP contribution in [0.15, 0.2) is 11.1 Å². The van der Waals surface area contributed by atoms with Crippen LogP contribution in [0.1, 0.15) is 57.9 Å². The van der Waals surface area contributed by atoms with Crippen molar-refractivity contribution in [2.75, 3.05) is 11.2 Å². The number of phosphoric acid groups is 1. The molecular formula is C24H31F2IN4O8P-. The second kappa shape index (κ2) is 14.5. The summed E-state index contributed by atoms with van der Waals surface area (Å²) in [7, 11) is -3.14. The fourth-order valence-electron chi connectivity index (χ4n) is 4.12. The van der Waals surface area contributed by atoms with Crippen molar-refractivity contribution in [1.29, 1.82) is 5.26 Å². The van der Waals surface area contributed by atoms with Gasteiger partial charge in [-0.3, -0.25) is 0 Å². The molecule has 3 rings (SSSR count). The monoisotopic (exact) mass is 699 g/mol. The van der Waals surface area contributed by atoms with Crippen LogP contribution in [0.25, 0.3) is 11.0 Å². The van der Waals surface area contributed by atoms with Gasteiger partial charge >= 0.3 is 226 Å². The Hall–Kier alpha value is -2.38. The van der Waals surface area contributed by atoms with E-state index in [9.17, 15) is 18.1 Å². The number of aliphatic imine (C=N–C) groups is 1. The number of alkyl halides is 2. The number of ether oxygens (including phenoxy) is 3. The molecule has 1 aliphatic rings. The number of hydrogen-bond donors (Lipinski definition) is 2. The average molecular weight is 699 g/mol. The maximum absolute atomic E-state index is 14.7. The SMILES string of the molecule is CCCC(C)[I-]C/C(=N/c1nc2c(F)cc(C#N)c(F)c2n1C)OCOC(=O)OC1CCC(OP(=O)(O)O)CC1. The van der Waals surface area contributed by atoms with E-state index in [0.29, 0.717) is 34.0 Å². The Morgan fingerprint density at radius 3 is 2.60 bits per heavy atom. The van der Waals surface area contributed by atoms with E-state index in [-0.39, 0.29) is 22.9 Å². The number of nitrogens with zero attached hydrogens (tertiary/aromatic N) is 4. The Kier molecular flexibility index (Phi) is 11.6. The summed E-state index contributed by atoms with van der Waals surface area (Å²) in [4.78, 5) is 38.5. The van der Waals surface area contributed by atoms with Crippen LogP contribution in [-0.2, 0) is 30.3 Å². The summed E-state index contributed by atoms with van der Waals surface area (Å²) in [6.45, 7) is 3.68. The van der Waals surface area contributed by atoms with Crippen molar-refractivity contribution in [2.45, 2.75) is 68.5 Å². The molecule has 40 heavy (non-hydrogen) atoms. The van der Waals surface area contributed by atoms with Gasteiger partial charge in [-0.1, -0.05) is 0 Å². The third kappa shape index (κ3) is 9.07. The molecule has 0 aliphatic heterocycles. The van der Waals surface area contributed by atoms with Crippen LogP contribution in [-0.4, -0.2) is 58.7 Å². The quantitative estimate of drug-likeness (QED) is 0.0670. The van der Waals surface area contributed by atoms with E-state index in [1.54, 1.807) is 6.07 Å². The van der Waals surface area contributed by atoms with Crippen LogP contribution >= 0.6 is 7.82 Å². The summed E-state index contributed by atoms with van der Waals surface area (Å²) >= 11 is -0.424. The molecule has 222 valence electrons. The van der Waals surface area contributed by atoms with Crippen molar-refractivity contribution in [3.63, 3.8) is 0 Å². The molecule has 1 atom stereocenters. The first-order valence-corrected chi connectivity index (χ1v) is 16.8. The van der Waals surface area contributed by atoms with Crippen molar-refractivity contribution < 1.29 is 67.9 Å². The summed E-state index contributed by atoms with van der Waals surface area (Å²) < 4.78 is 62.9. The van der Waals surface area contributed by atoms with Crippen molar-refractivity contribution in [1.82, 2.24) is 9.55 Å². The Balaban J connectivity index is 1.65. The van der Waals surface area contributed by atoms with E-state index in [1.807, 2.05) is 0 Å². The summed E-state index contributed by atoms with van der Waals surface area (Å²) in [6.07, 6.45) is 1.25. The van der Waals surface area contributed by atoms with E-state index < -0.39 is 71.4 Å². The zero-order valence-corrected chi connectivity index (χ0v) is 25.2. The summed E-state index contributed by atoms with van der Waals surface area (Å²) in [5.74, 6) is -1.62. The number of hydrogen-bond acceptors (Lipinski definition) is 9. The topological polar surface area (TPSA) is 165 Å². The molecule has 12 nitrogen and oxygen atoms in total. The molecule has 0 radical (unpaired) electrons. The van der Waals surface area contributed by atoms with Crippen LogP contribution in [0.2, 0.25) is 0 Å². The number of benzene rings is 1. The Bertz CT molecular complexity index is 1320. The molecule has 1 unspecified atom stereocenters. The number of fused-ring (bicyclic) bond motifs is 1. The van der Waals surface area contributed by atoms with E-state index in [0.717, 1.165) is 18.9 Å². The number of nitriles is 1. The Labute approximate surface area is 240 Å². The predicted molar refractivity (Wildman–Crippen MR) is 134 cm³/mol. The summed E-state index contributed by atoms with van der Waals surface area (Å²) in [6, 6.07) is 2.40. The number of halogens is 3. The summed E-state index contributed by atoms with van der Waals surface area (Å²) in [5, 5.41) is 9.09. The van der Waals surface area contributed by atoms with Crippen molar-refractivity contribution in [3.8, 4) is 6.07 Å². The average Bonchev–Trinajstić information content (AvgIpc) is 3.21. The minimum atomic E-state index is -4.58. The van der Waals surface area contributed by atoms with Gasteiger partial charge in [0.1, 0.15) is 0 Å². The van der Waals surface area contributed by atoms with Crippen LogP contribution in [0, 0.1) is 23.0 Å². The molecule has 0 bridgehead atoms. The van der Waals surface area contributed by atoms with Crippen LogP contribution in [0.4, 0.5) is 19.5 Å². The maximum atomic E-state index is 14.7. The molecular weight excluding hydrogens is 668 g/mol. The van der Waals surface area contributed by atoms with Crippen LogP contribution < -0.4 is 21.2 Å². The molecule has 1 aliphatic carbocycles. The second-order valence-electron chi connectivity index (χ2n) is 9.13. The zero-order chi connectivity index (χ0) is 29.4.